The Morgan fingerprint density at radius 2 is 1.77 bits per heavy atom. The first kappa shape index (κ1) is 18.6. The topological polar surface area (TPSA) is 54.7 Å². The molecule has 3 rings (SSSR count). The van der Waals surface area contributed by atoms with Crippen LogP contribution in [-0.4, -0.2) is 28.7 Å². The van der Waals surface area contributed by atoms with Crippen LogP contribution >= 0.6 is 0 Å². The van der Waals surface area contributed by atoms with Crippen molar-refractivity contribution in [2.75, 3.05) is 6.54 Å². The Morgan fingerprint density at radius 1 is 1.08 bits per heavy atom. The van der Waals surface area contributed by atoms with Gasteiger partial charge >= 0.3 is 0 Å². The molecule has 0 atom stereocenters. The Balaban J connectivity index is 1.91. The van der Waals surface area contributed by atoms with E-state index in [0.717, 1.165) is 16.9 Å². The molecule has 0 N–H and O–H groups in total. The molecule has 0 saturated heterocycles. The van der Waals surface area contributed by atoms with Crippen LogP contribution in [0.3, 0.4) is 0 Å². The molecule has 5 nitrogen and oxygen atoms in total. The van der Waals surface area contributed by atoms with Crippen molar-refractivity contribution in [3.63, 3.8) is 0 Å². The maximum Gasteiger partial charge on any atom is 0.243 e. The number of aromatic nitrogens is 2. The zero-order chi connectivity index (χ0) is 18.9. The molecule has 0 aliphatic heterocycles. The highest BCUT2D eigenvalue weighted by molar-refractivity contribution is 7.89. The molecular weight excluding hydrogens is 346 g/mol. The summed E-state index contributed by atoms with van der Waals surface area (Å²) in [7, 11) is -3.57. The average molecular weight is 372 g/mol. The predicted molar refractivity (Wildman–Crippen MR) is 104 cm³/mol. The van der Waals surface area contributed by atoms with Gasteiger partial charge in [0.15, 0.2) is 0 Å². The average Bonchev–Trinajstić information content (AvgIpc) is 3.02. The highest BCUT2D eigenvalue weighted by atomic mass is 32.2. The van der Waals surface area contributed by atoms with Crippen molar-refractivity contribution in [1.29, 1.82) is 0 Å². The fourth-order valence-electron chi connectivity index (χ4n) is 2.93. The highest BCUT2D eigenvalue weighted by Crippen LogP contribution is 2.25. The summed E-state index contributed by atoms with van der Waals surface area (Å²) in [6.07, 6.45) is 3.63. The molecule has 1 aromatic carbocycles. The number of rotatable bonds is 5. The molecule has 0 radical (unpaired) electrons. The molecule has 0 amide bonds. The van der Waals surface area contributed by atoms with Crippen LogP contribution in [0.1, 0.15) is 39.0 Å². The number of nitrogens with zero attached hydrogens (tertiary/aromatic N) is 3. The fourth-order valence-corrected chi connectivity index (χ4v) is 4.35. The summed E-state index contributed by atoms with van der Waals surface area (Å²) in [5, 5.41) is 0. The lowest BCUT2D eigenvalue weighted by Crippen LogP contribution is -2.31. The van der Waals surface area contributed by atoms with Crippen molar-refractivity contribution in [3.8, 4) is 0 Å². The van der Waals surface area contributed by atoms with Crippen LogP contribution in [0.2, 0.25) is 0 Å². The smallest absolute Gasteiger partial charge is 0.243 e. The first-order chi connectivity index (χ1) is 12.2. The van der Waals surface area contributed by atoms with Gasteiger partial charge in [-0.1, -0.05) is 45.9 Å². The minimum Gasteiger partial charge on any atom is -0.303 e. The molecule has 26 heavy (non-hydrogen) atoms. The minimum absolute atomic E-state index is 0.0107. The van der Waals surface area contributed by atoms with Gasteiger partial charge in [-0.3, -0.25) is 0 Å². The molecule has 138 valence electrons. The molecular formula is C20H25N3O2S. The minimum atomic E-state index is -3.57. The lowest BCUT2D eigenvalue weighted by Gasteiger charge is -2.22. The molecule has 0 bridgehead atoms. The highest BCUT2D eigenvalue weighted by Gasteiger charge is 2.25. The van der Waals surface area contributed by atoms with Crippen LogP contribution in [0, 0.1) is 0 Å². The van der Waals surface area contributed by atoms with Gasteiger partial charge in [-0.15, -0.1) is 0 Å². The third kappa shape index (κ3) is 3.52. The Hall–Kier alpha value is -2.18. The van der Waals surface area contributed by atoms with E-state index in [1.165, 1.54) is 4.31 Å². The van der Waals surface area contributed by atoms with Crippen LogP contribution in [0.25, 0.3) is 5.65 Å². The third-order valence-corrected chi connectivity index (χ3v) is 6.48. The van der Waals surface area contributed by atoms with Crippen LogP contribution < -0.4 is 0 Å². The number of hydrogen-bond donors (Lipinski definition) is 0. The van der Waals surface area contributed by atoms with E-state index in [1.54, 1.807) is 18.3 Å². The second-order valence-electron chi connectivity index (χ2n) is 7.38. The van der Waals surface area contributed by atoms with Crippen molar-refractivity contribution in [3.05, 3.63) is 66.1 Å². The summed E-state index contributed by atoms with van der Waals surface area (Å²) in [4.78, 5) is 4.66. The molecule has 2 aromatic heterocycles. The maximum atomic E-state index is 13.1. The van der Waals surface area contributed by atoms with E-state index < -0.39 is 10.0 Å². The summed E-state index contributed by atoms with van der Waals surface area (Å²) in [6, 6.07) is 12.9. The van der Waals surface area contributed by atoms with E-state index in [0.29, 0.717) is 11.4 Å². The third-order valence-electron chi connectivity index (χ3n) is 4.54. The van der Waals surface area contributed by atoms with E-state index in [-0.39, 0.29) is 12.0 Å². The zero-order valence-corrected chi connectivity index (χ0v) is 16.5. The molecule has 0 saturated carbocycles. The van der Waals surface area contributed by atoms with Crippen molar-refractivity contribution in [2.45, 2.75) is 44.6 Å². The van der Waals surface area contributed by atoms with Crippen LogP contribution in [0.15, 0.2) is 59.8 Å². The number of hydrogen-bond acceptors (Lipinski definition) is 3. The summed E-state index contributed by atoms with van der Waals surface area (Å²) >= 11 is 0. The second kappa shape index (κ2) is 6.85. The molecule has 0 aliphatic rings. The normalized spacial score (nSPS) is 12.8. The van der Waals surface area contributed by atoms with Crippen LogP contribution in [-0.2, 0) is 22.0 Å². The van der Waals surface area contributed by atoms with Gasteiger partial charge in [0, 0.05) is 12.7 Å². The molecule has 6 heteroatoms. The second-order valence-corrected chi connectivity index (χ2v) is 9.32. The van der Waals surface area contributed by atoms with Gasteiger partial charge in [-0.05, 0) is 35.2 Å². The van der Waals surface area contributed by atoms with Crippen molar-refractivity contribution in [2.24, 2.45) is 0 Å². The first-order valence-corrected chi connectivity index (χ1v) is 10.2. The van der Waals surface area contributed by atoms with E-state index in [4.69, 9.17) is 0 Å². The molecule has 0 unspecified atom stereocenters. The van der Waals surface area contributed by atoms with Gasteiger partial charge in [0.2, 0.25) is 10.0 Å². The standard InChI is InChI=1S/C20H25N3O2S/c1-5-22(15-17-14-21-19-8-6-7-13-23(17)19)26(24,25)18-11-9-16(10-12-18)20(2,3)4/h6-14H,5,15H2,1-4H3. The van der Waals surface area contributed by atoms with Crippen molar-refractivity contribution >= 4 is 15.7 Å². The summed E-state index contributed by atoms with van der Waals surface area (Å²) in [6.45, 7) is 8.86. The number of sulfonamides is 1. The quantitative estimate of drug-likeness (QED) is 0.685. The van der Waals surface area contributed by atoms with Gasteiger partial charge in [0.25, 0.3) is 0 Å². The van der Waals surface area contributed by atoms with E-state index in [1.807, 2.05) is 47.9 Å². The maximum absolute atomic E-state index is 13.1. The molecule has 0 spiro atoms. The van der Waals surface area contributed by atoms with Gasteiger partial charge < -0.3 is 4.40 Å². The number of pyridine rings is 1. The Kier molecular flexibility index (Phi) is 4.90. The number of imidazole rings is 1. The SMILES string of the molecule is CCN(Cc1cnc2ccccn12)S(=O)(=O)c1ccc(C(C)(C)C)cc1. The monoisotopic (exact) mass is 371 g/mol. The van der Waals surface area contributed by atoms with Gasteiger partial charge in [0.05, 0.1) is 23.3 Å². The Bertz CT molecular complexity index is 999. The van der Waals surface area contributed by atoms with Crippen molar-refractivity contribution in [1.82, 2.24) is 13.7 Å². The van der Waals surface area contributed by atoms with Gasteiger partial charge in [-0.2, -0.15) is 4.31 Å². The summed E-state index contributed by atoms with van der Waals surface area (Å²) in [5.41, 5.74) is 2.76. The van der Waals surface area contributed by atoms with Crippen LogP contribution in [0.4, 0.5) is 0 Å². The van der Waals surface area contributed by atoms with Crippen LogP contribution in [0.5, 0.6) is 0 Å². The molecule has 2 heterocycles. The molecule has 0 aliphatic carbocycles. The summed E-state index contributed by atoms with van der Waals surface area (Å²) in [5.74, 6) is 0. The largest absolute Gasteiger partial charge is 0.303 e. The number of fused-ring (bicyclic) bond motifs is 1. The lowest BCUT2D eigenvalue weighted by atomic mass is 9.87. The Labute approximate surface area is 155 Å². The van der Waals surface area contributed by atoms with E-state index in [9.17, 15) is 8.42 Å². The summed E-state index contributed by atoms with van der Waals surface area (Å²) < 4.78 is 29.6. The van der Waals surface area contributed by atoms with E-state index >= 15 is 0 Å². The van der Waals surface area contributed by atoms with Gasteiger partial charge in [0.1, 0.15) is 5.65 Å². The molecule has 0 fully saturated rings. The predicted octanol–water partition coefficient (Wildman–Crippen LogP) is 3.84. The van der Waals surface area contributed by atoms with Crippen molar-refractivity contribution < 1.29 is 8.42 Å². The fraction of sp³-hybridized carbons (Fsp3) is 0.350. The zero-order valence-electron chi connectivity index (χ0n) is 15.7. The lowest BCUT2D eigenvalue weighted by molar-refractivity contribution is 0.418. The first-order valence-electron chi connectivity index (χ1n) is 8.75. The van der Waals surface area contributed by atoms with E-state index in [2.05, 4.69) is 25.8 Å². The Morgan fingerprint density at radius 3 is 2.38 bits per heavy atom. The molecule has 3 aromatic rings. The number of benzene rings is 1. The van der Waals surface area contributed by atoms with Gasteiger partial charge in [-0.25, -0.2) is 13.4 Å².